The molecule has 8 rings (SSSR count). The molecule has 2 amide bonds. The molecule has 0 atom stereocenters. The van der Waals surface area contributed by atoms with E-state index in [1.165, 1.54) is 21.9 Å². The zero-order valence-electron chi connectivity index (χ0n) is 46.7. The molecule has 14 N–H and O–H groups in total. The van der Waals surface area contributed by atoms with Gasteiger partial charge >= 0.3 is 0 Å². The van der Waals surface area contributed by atoms with Gasteiger partial charge in [0.2, 0.25) is 47.5 Å². The minimum atomic E-state index is -5.23. The molecule has 6 aromatic carbocycles. The summed E-state index contributed by atoms with van der Waals surface area (Å²) in [6, 6.07) is 27.5. The molecule has 0 aliphatic heterocycles. The number of nitrogens with one attached hydrogen (secondary N) is 4. The Morgan fingerprint density at radius 2 is 0.717 bits per heavy atom. The van der Waals surface area contributed by atoms with Crippen LogP contribution >= 0.6 is 0 Å². The molecule has 2 heterocycles. The molecule has 8 aromatic rings. The van der Waals surface area contributed by atoms with Crippen LogP contribution in [0.15, 0.2) is 163 Å². The van der Waals surface area contributed by atoms with Gasteiger partial charge < -0.3 is 42.5 Å². The molecule has 92 heavy (non-hydrogen) atoms. The second kappa shape index (κ2) is 27.4. The van der Waals surface area contributed by atoms with Gasteiger partial charge in [0.1, 0.15) is 19.6 Å². The Bertz CT molecular complexity index is 4620. The van der Waals surface area contributed by atoms with Gasteiger partial charge in [-0.1, -0.05) is 84.9 Å². The number of carbonyl (C=O) groups excluding carboxylic acids is 2. The summed E-state index contributed by atoms with van der Waals surface area (Å²) in [5.41, 5.74) is 9.86. The molecule has 0 unspecified atom stereocenters. The van der Waals surface area contributed by atoms with Crippen LogP contribution in [0, 0.1) is 0 Å². The van der Waals surface area contributed by atoms with Crippen molar-refractivity contribution in [1.82, 2.24) is 29.9 Å². The summed E-state index contributed by atoms with van der Waals surface area (Å²) in [4.78, 5) is 47.7. The van der Waals surface area contributed by atoms with Gasteiger partial charge in [0, 0.05) is 50.4 Å². The maximum atomic E-state index is 13.1. The average molecular weight is 1380 g/mol. The lowest BCUT2D eigenvalue weighted by Crippen LogP contribution is -2.29. The van der Waals surface area contributed by atoms with Crippen molar-refractivity contribution in [3.05, 3.63) is 156 Å². The number of nitrogens with two attached hydrogens (primary N) is 2. The minimum absolute atomic E-state index is 0.0158. The first-order chi connectivity index (χ1) is 43.0. The van der Waals surface area contributed by atoms with E-state index in [1.807, 2.05) is 0 Å². The minimum Gasteiger partial charge on any atom is -0.370 e. The van der Waals surface area contributed by atoms with Crippen molar-refractivity contribution in [2.24, 2.45) is 11.5 Å². The third-order valence-corrected chi connectivity index (χ3v) is 17.9. The smallest absolute Gasteiger partial charge is 0.296 e. The van der Waals surface area contributed by atoms with Crippen LogP contribution in [0.1, 0.15) is 35.1 Å². The lowest BCUT2D eigenvalue weighted by molar-refractivity contribution is -0.118. The van der Waals surface area contributed by atoms with Crippen LogP contribution < -0.4 is 42.5 Å². The second-order valence-electron chi connectivity index (χ2n) is 19.3. The Labute approximate surface area is 524 Å². The molecule has 484 valence electrons. The van der Waals surface area contributed by atoms with Crippen LogP contribution in [0.4, 0.5) is 58.4 Å². The van der Waals surface area contributed by atoms with Crippen LogP contribution in [0.25, 0.3) is 12.2 Å². The van der Waals surface area contributed by atoms with Gasteiger partial charge in [-0.3, -0.25) is 36.9 Å². The van der Waals surface area contributed by atoms with Crippen LogP contribution in [-0.2, 0) is 83.4 Å². The molecule has 2 aromatic heterocycles. The Kier molecular flexibility index (Phi) is 20.3. The van der Waals surface area contributed by atoms with E-state index in [2.05, 4.69) is 51.2 Å². The first-order valence-electron chi connectivity index (χ1n) is 25.8. The third kappa shape index (κ3) is 18.5. The average Bonchev–Trinajstić information content (AvgIpc) is 0.808. The molecule has 0 radical (unpaired) electrons. The highest BCUT2D eigenvalue weighted by atomic mass is 32.2. The standard InChI is InChI=1S/C52H50N14O20S6/c53-45(67)21-23-65(29-31-7-3-1-4-8-31)51-61-47(59-49(63-51)57-39-27-37(87(69,70)71)17-19-41(39)89(75,76)77)55-35-15-13-33(43(25-35)91(81,82)83)11-12-34-14-16-36(26-44(34)92(84,85)86)56-48-60-50(58-40-28-38(88(72,73)74)18-20-42(40)90(78,79)80)64-52(62-48)66(24-22-46(54)68)30-32-9-5-2-6-10-32/h1-20,25-28H,21-24,29-30H2,(H2,53,67)(H2,54,68)(H,69,70,71)(H,72,73,74)(H,75,76,77)(H,78,79,80)(H,81,82,83)(H,84,85,86)(H2,55,57,59,61,63)(H2,56,58,60,62,64). The zero-order valence-corrected chi connectivity index (χ0v) is 51.6. The van der Waals surface area contributed by atoms with Gasteiger partial charge in [0.15, 0.2) is 0 Å². The summed E-state index contributed by atoms with van der Waals surface area (Å²) in [5, 5.41) is 10.4. The molecule has 34 nitrogen and oxygen atoms in total. The molecule has 0 aliphatic carbocycles. The van der Waals surface area contributed by atoms with Gasteiger partial charge in [-0.15, -0.1) is 0 Å². The number of benzene rings is 6. The van der Waals surface area contributed by atoms with Gasteiger partial charge in [-0.05, 0) is 82.9 Å². The molecule has 0 bridgehead atoms. The van der Waals surface area contributed by atoms with Crippen molar-refractivity contribution < 1.29 is 87.4 Å². The number of aromatic nitrogens is 6. The predicted octanol–water partition coefficient (Wildman–Crippen LogP) is 4.45. The summed E-state index contributed by atoms with van der Waals surface area (Å²) in [5.74, 6) is -4.18. The highest BCUT2D eigenvalue weighted by Crippen LogP contribution is 2.33. The summed E-state index contributed by atoms with van der Waals surface area (Å²) in [7, 11) is -30.7. The number of nitrogens with zero attached hydrogens (tertiary/aromatic N) is 8. The fourth-order valence-corrected chi connectivity index (χ4v) is 12.1. The van der Waals surface area contributed by atoms with Crippen LogP contribution in [0.3, 0.4) is 0 Å². The van der Waals surface area contributed by atoms with E-state index in [4.69, 9.17) is 11.5 Å². The van der Waals surface area contributed by atoms with Crippen LogP contribution in [0.2, 0.25) is 0 Å². The normalized spacial score (nSPS) is 12.3. The fourth-order valence-electron chi connectivity index (χ4n) is 8.44. The van der Waals surface area contributed by atoms with Crippen molar-refractivity contribution in [2.45, 2.75) is 55.3 Å². The number of hydrogen-bond acceptors (Lipinski definition) is 26. The summed E-state index contributed by atoms with van der Waals surface area (Å²) in [6.45, 7) is -0.349. The van der Waals surface area contributed by atoms with Crippen molar-refractivity contribution in [2.75, 3.05) is 44.2 Å². The summed E-state index contributed by atoms with van der Waals surface area (Å²) >= 11 is 0. The van der Waals surface area contributed by atoms with Crippen molar-refractivity contribution in [3.8, 4) is 0 Å². The number of rotatable bonds is 28. The van der Waals surface area contributed by atoms with E-state index < -0.39 is 137 Å². The van der Waals surface area contributed by atoms with Gasteiger partial charge in [0.25, 0.3) is 60.7 Å². The van der Waals surface area contributed by atoms with E-state index in [-0.39, 0.29) is 73.4 Å². The predicted molar refractivity (Wildman–Crippen MR) is 329 cm³/mol. The monoisotopic (exact) mass is 1380 g/mol. The van der Waals surface area contributed by atoms with E-state index in [1.54, 1.807) is 60.7 Å². The zero-order chi connectivity index (χ0) is 67.1. The van der Waals surface area contributed by atoms with E-state index in [0.717, 1.165) is 36.4 Å². The van der Waals surface area contributed by atoms with Crippen molar-refractivity contribution in [1.29, 1.82) is 0 Å². The van der Waals surface area contributed by atoms with Gasteiger partial charge in [-0.25, -0.2) is 0 Å². The first kappa shape index (κ1) is 68.2. The van der Waals surface area contributed by atoms with Crippen molar-refractivity contribution >= 4 is 143 Å². The number of amides is 2. The summed E-state index contributed by atoms with van der Waals surface area (Å²) < 4.78 is 212. The largest absolute Gasteiger partial charge is 0.370 e. The maximum absolute atomic E-state index is 13.1. The molecule has 0 saturated carbocycles. The lowest BCUT2D eigenvalue weighted by atomic mass is 10.1. The SMILES string of the molecule is NC(=O)CCN(Cc1ccccc1)c1nc(Nc2ccc(C=Cc3ccc(Nc4nc(Nc5cc(S(=O)(=O)O)ccc5S(=O)(=O)O)nc(N(CCC(N)=O)Cc5ccccc5)n4)cc3S(=O)(=O)O)c(S(=O)(=O)O)c2)nc(Nc2cc(S(=O)(=O)O)ccc2S(=O)(=O)O)n1. The van der Waals surface area contributed by atoms with E-state index in [0.29, 0.717) is 47.5 Å². The second-order valence-corrected chi connectivity index (χ2v) is 27.7. The molecule has 0 aliphatic rings. The molecule has 40 heteroatoms. The molecule has 0 spiro atoms. The number of hydrogen-bond donors (Lipinski definition) is 12. The number of primary amides is 2. The third-order valence-electron chi connectivity index (χ3n) is 12.6. The molecular formula is C52H50N14O20S6. The fraction of sp³-hybridized carbons (Fsp3) is 0.115. The molecular weight excluding hydrogens is 1330 g/mol. The Balaban J connectivity index is 1.17. The van der Waals surface area contributed by atoms with Gasteiger partial charge in [0.05, 0.1) is 21.2 Å². The number of anilines is 10. The highest BCUT2D eigenvalue weighted by molar-refractivity contribution is 7.87. The Morgan fingerprint density at radius 1 is 0.391 bits per heavy atom. The topological polar surface area (TPSA) is 544 Å². The lowest BCUT2D eigenvalue weighted by Gasteiger charge is -2.23. The van der Waals surface area contributed by atoms with Gasteiger partial charge in [-0.2, -0.15) is 80.4 Å². The van der Waals surface area contributed by atoms with Crippen molar-refractivity contribution in [3.63, 3.8) is 0 Å². The highest BCUT2D eigenvalue weighted by Gasteiger charge is 2.26. The maximum Gasteiger partial charge on any atom is 0.296 e. The van der Waals surface area contributed by atoms with Crippen LogP contribution in [-0.4, -0.2) is 133 Å². The molecule has 0 fully saturated rings. The first-order valence-corrected chi connectivity index (χ1v) is 34.4. The Morgan fingerprint density at radius 3 is 1.02 bits per heavy atom. The summed E-state index contributed by atoms with van der Waals surface area (Å²) in [6.07, 6.45) is 1.50. The Hall–Kier alpha value is -9.72. The van der Waals surface area contributed by atoms with E-state index in [9.17, 15) is 87.4 Å². The van der Waals surface area contributed by atoms with Crippen LogP contribution in [0.5, 0.6) is 0 Å². The number of carbonyl (C=O) groups is 2. The van der Waals surface area contributed by atoms with E-state index >= 15 is 0 Å². The quantitative estimate of drug-likeness (QED) is 0.0238. The molecule has 0 saturated heterocycles.